The van der Waals surface area contributed by atoms with Gasteiger partial charge in [0.2, 0.25) is 0 Å². The molecule has 2 aliphatic rings. The lowest BCUT2D eigenvalue weighted by atomic mass is 9.97. The molecule has 3 aromatic rings. The van der Waals surface area contributed by atoms with Crippen LogP contribution < -0.4 is 15.0 Å². The van der Waals surface area contributed by atoms with Gasteiger partial charge in [-0.2, -0.15) is 0 Å². The van der Waals surface area contributed by atoms with Gasteiger partial charge in [-0.05, 0) is 61.9 Å². The molecule has 2 aromatic carbocycles. The standard InChI is InChI=1S/C23H27N3OS/c1-3-7-21-18(5-1)9-10-19(27-21)16-24-15-17-11-13-26(14-12-17)23-25-20-6-2-4-8-22(20)28-23/h1-8,17,19,24H,9-16H2. The van der Waals surface area contributed by atoms with E-state index >= 15 is 0 Å². The van der Waals surface area contributed by atoms with Crippen LogP contribution in [0.1, 0.15) is 24.8 Å². The van der Waals surface area contributed by atoms with Crippen LogP contribution in [0.15, 0.2) is 48.5 Å². The summed E-state index contributed by atoms with van der Waals surface area (Å²) in [7, 11) is 0. The molecule has 1 N–H and O–H groups in total. The maximum absolute atomic E-state index is 6.15. The van der Waals surface area contributed by atoms with Gasteiger partial charge in [-0.3, -0.25) is 0 Å². The SMILES string of the molecule is c1ccc2c(c1)CCC(CNCC1CCN(c3nc4ccccc4s3)CC1)O2. The molecule has 2 aliphatic heterocycles. The fourth-order valence-corrected chi connectivity index (χ4v) is 5.31. The van der Waals surface area contributed by atoms with Crippen molar-refractivity contribution in [2.24, 2.45) is 5.92 Å². The molecule has 0 saturated carbocycles. The van der Waals surface area contributed by atoms with Crippen LogP contribution in [0.5, 0.6) is 5.75 Å². The molecule has 5 heteroatoms. The molecule has 1 saturated heterocycles. The molecule has 0 amide bonds. The minimum absolute atomic E-state index is 0.303. The average molecular weight is 394 g/mol. The zero-order valence-electron chi connectivity index (χ0n) is 16.1. The zero-order valence-corrected chi connectivity index (χ0v) is 17.0. The van der Waals surface area contributed by atoms with E-state index in [2.05, 4.69) is 58.7 Å². The van der Waals surface area contributed by atoms with Gasteiger partial charge >= 0.3 is 0 Å². The van der Waals surface area contributed by atoms with E-state index in [0.29, 0.717) is 6.10 Å². The molecular formula is C23H27N3OS. The van der Waals surface area contributed by atoms with Gasteiger partial charge in [0.15, 0.2) is 5.13 Å². The number of piperidine rings is 1. The maximum atomic E-state index is 6.15. The van der Waals surface area contributed by atoms with Crippen LogP contribution >= 0.6 is 11.3 Å². The molecule has 0 radical (unpaired) electrons. The van der Waals surface area contributed by atoms with Crippen LogP contribution in [-0.4, -0.2) is 37.3 Å². The van der Waals surface area contributed by atoms with Crippen molar-refractivity contribution in [2.45, 2.75) is 31.8 Å². The number of aryl methyl sites for hydroxylation is 1. The number of hydrogen-bond donors (Lipinski definition) is 1. The summed E-state index contributed by atoms with van der Waals surface area (Å²) in [4.78, 5) is 7.28. The minimum Gasteiger partial charge on any atom is -0.489 e. The number of rotatable bonds is 5. The molecule has 1 atom stereocenters. The van der Waals surface area contributed by atoms with Gasteiger partial charge in [0.25, 0.3) is 0 Å². The van der Waals surface area contributed by atoms with E-state index in [4.69, 9.17) is 9.72 Å². The highest BCUT2D eigenvalue weighted by molar-refractivity contribution is 7.22. The number of nitrogens with one attached hydrogen (secondary N) is 1. The Labute approximate surface area is 170 Å². The van der Waals surface area contributed by atoms with Crippen molar-refractivity contribution in [1.82, 2.24) is 10.3 Å². The first-order valence-electron chi connectivity index (χ1n) is 10.4. The Balaban J connectivity index is 1.07. The summed E-state index contributed by atoms with van der Waals surface area (Å²) in [5.74, 6) is 1.83. The second-order valence-electron chi connectivity index (χ2n) is 7.94. The zero-order chi connectivity index (χ0) is 18.8. The normalized spacial score (nSPS) is 20.1. The van der Waals surface area contributed by atoms with Gasteiger partial charge in [-0.15, -0.1) is 0 Å². The van der Waals surface area contributed by atoms with E-state index in [-0.39, 0.29) is 0 Å². The molecule has 4 nitrogen and oxygen atoms in total. The third-order valence-corrected chi connectivity index (χ3v) is 7.07. The second kappa shape index (κ2) is 8.10. The van der Waals surface area contributed by atoms with Crippen LogP contribution in [-0.2, 0) is 6.42 Å². The van der Waals surface area contributed by atoms with Crippen LogP contribution in [0.3, 0.4) is 0 Å². The largest absolute Gasteiger partial charge is 0.489 e. The molecular weight excluding hydrogens is 366 g/mol. The molecule has 5 rings (SSSR count). The Hall–Kier alpha value is -2.11. The van der Waals surface area contributed by atoms with Crippen LogP contribution in [0, 0.1) is 5.92 Å². The van der Waals surface area contributed by atoms with Crippen LogP contribution in [0.4, 0.5) is 5.13 Å². The molecule has 0 aliphatic carbocycles. The van der Waals surface area contributed by atoms with Crippen molar-refractivity contribution in [1.29, 1.82) is 0 Å². The van der Waals surface area contributed by atoms with E-state index in [9.17, 15) is 0 Å². The third kappa shape index (κ3) is 3.87. The predicted octanol–water partition coefficient (Wildman–Crippen LogP) is 4.50. The lowest BCUT2D eigenvalue weighted by Crippen LogP contribution is -2.40. The fraction of sp³-hybridized carbons (Fsp3) is 0.435. The number of anilines is 1. The highest BCUT2D eigenvalue weighted by atomic mass is 32.1. The van der Waals surface area contributed by atoms with Gasteiger partial charge in [0.05, 0.1) is 10.2 Å². The number of para-hydroxylation sites is 2. The number of nitrogens with zero attached hydrogens (tertiary/aromatic N) is 2. The molecule has 28 heavy (non-hydrogen) atoms. The smallest absolute Gasteiger partial charge is 0.186 e. The predicted molar refractivity (Wildman–Crippen MR) is 117 cm³/mol. The van der Waals surface area contributed by atoms with Crippen molar-refractivity contribution in [3.63, 3.8) is 0 Å². The summed E-state index contributed by atoms with van der Waals surface area (Å²) in [5, 5.41) is 4.86. The number of fused-ring (bicyclic) bond motifs is 2. The third-order valence-electron chi connectivity index (χ3n) is 5.97. The summed E-state index contributed by atoms with van der Waals surface area (Å²) >= 11 is 1.82. The number of thiazole rings is 1. The summed E-state index contributed by atoms with van der Waals surface area (Å²) in [6.45, 7) is 4.26. The number of ether oxygens (including phenoxy) is 1. The Morgan fingerprint density at radius 3 is 2.71 bits per heavy atom. The molecule has 1 fully saturated rings. The maximum Gasteiger partial charge on any atom is 0.186 e. The first-order chi connectivity index (χ1) is 13.8. The van der Waals surface area contributed by atoms with E-state index in [1.165, 1.54) is 28.2 Å². The van der Waals surface area contributed by atoms with E-state index in [1.54, 1.807) is 0 Å². The molecule has 0 spiro atoms. The molecule has 0 bridgehead atoms. The fourth-order valence-electron chi connectivity index (χ4n) is 4.30. The number of hydrogen-bond acceptors (Lipinski definition) is 5. The topological polar surface area (TPSA) is 37.4 Å². The summed E-state index contributed by atoms with van der Waals surface area (Å²) in [6.07, 6.45) is 5.01. The highest BCUT2D eigenvalue weighted by Crippen LogP contribution is 2.31. The Bertz CT molecular complexity index is 899. The minimum atomic E-state index is 0.303. The van der Waals surface area contributed by atoms with Gasteiger partial charge in [-0.1, -0.05) is 41.7 Å². The van der Waals surface area contributed by atoms with Crippen LogP contribution in [0.25, 0.3) is 10.2 Å². The Morgan fingerprint density at radius 1 is 1.00 bits per heavy atom. The van der Waals surface area contributed by atoms with Gasteiger partial charge in [0.1, 0.15) is 11.9 Å². The average Bonchev–Trinajstić information content (AvgIpc) is 3.18. The van der Waals surface area contributed by atoms with Crippen molar-refractivity contribution in [2.75, 3.05) is 31.1 Å². The molecule has 146 valence electrons. The summed E-state index contributed by atoms with van der Waals surface area (Å²) in [6, 6.07) is 16.9. The lowest BCUT2D eigenvalue weighted by Gasteiger charge is -2.32. The number of benzene rings is 2. The van der Waals surface area contributed by atoms with E-state index < -0.39 is 0 Å². The van der Waals surface area contributed by atoms with Crippen LogP contribution in [0.2, 0.25) is 0 Å². The summed E-state index contributed by atoms with van der Waals surface area (Å²) in [5.41, 5.74) is 2.47. The van der Waals surface area contributed by atoms with Crippen molar-refractivity contribution in [3.8, 4) is 5.75 Å². The quantitative estimate of drug-likeness (QED) is 0.693. The van der Waals surface area contributed by atoms with Gasteiger partial charge in [-0.25, -0.2) is 4.98 Å². The van der Waals surface area contributed by atoms with Gasteiger partial charge < -0.3 is 15.0 Å². The number of aromatic nitrogens is 1. The van der Waals surface area contributed by atoms with Crippen molar-refractivity contribution < 1.29 is 4.74 Å². The molecule has 1 unspecified atom stereocenters. The van der Waals surface area contributed by atoms with Gasteiger partial charge in [0, 0.05) is 19.6 Å². The lowest BCUT2D eigenvalue weighted by molar-refractivity contribution is 0.168. The second-order valence-corrected chi connectivity index (χ2v) is 8.95. The Kier molecular flexibility index (Phi) is 5.19. The first-order valence-corrected chi connectivity index (χ1v) is 11.2. The Morgan fingerprint density at radius 2 is 1.82 bits per heavy atom. The van der Waals surface area contributed by atoms with E-state index in [1.807, 2.05) is 11.3 Å². The monoisotopic (exact) mass is 393 g/mol. The van der Waals surface area contributed by atoms with E-state index in [0.717, 1.165) is 56.2 Å². The van der Waals surface area contributed by atoms with Crippen molar-refractivity contribution in [3.05, 3.63) is 54.1 Å². The summed E-state index contributed by atoms with van der Waals surface area (Å²) < 4.78 is 7.43. The first kappa shape index (κ1) is 18.0. The van der Waals surface area contributed by atoms with Crippen molar-refractivity contribution >= 4 is 26.7 Å². The highest BCUT2D eigenvalue weighted by Gasteiger charge is 2.23. The molecule has 1 aromatic heterocycles. The molecule has 3 heterocycles.